The van der Waals surface area contributed by atoms with E-state index in [2.05, 4.69) is 15.6 Å². The topological polar surface area (TPSA) is 93.3 Å². The first-order valence-corrected chi connectivity index (χ1v) is 12.1. The molecule has 2 aromatic carbocycles. The van der Waals surface area contributed by atoms with Gasteiger partial charge in [0.15, 0.2) is 6.04 Å². The molecule has 1 saturated carbocycles. The molecule has 8 nitrogen and oxygen atoms in total. The Balaban J connectivity index is 1.47. The highest BCUT2D eigenvalue weighted by atomic mass is 16.3. The average Bonchev–Trinajstić information content (AvgIpc) is 3.56. The number of carbonyl (C=O) groups is 2. The van der Waals surface area contributed by atoms with Crippen LogP contribution in [-0.2, 0) is 22.7 Å². The van der Waals surface area contributed by atoms with Gasteiger partial charge in [0.05, 0.1) is 11.8 Å². The van der Waals surface area contributed by atoms with Crippen LogP contribution in [0.1, 0.15) is 49.5 Å². The molecule has 8 heteroatoms. The summed E-state index contributed by atoms with van der Waals surface area (Å²) in [7, 11) is 0. The second-order valence-electron chi connectivity index (χ2n) is 9.00. The van der Waals surface area contributed by atoms with Crippen LogP contribution in [0, 0.1) is 0 Å². The summed E-state index contributed by atoms with van der Waals surface area (Å²) in [6.45, 7) is 0.219. The number of fused-ring (bicyclic) bond motifs is 1. The van der Waals surface area contributed by atoms with Crippen LogP contribution in [0.15, 0.2) is 77.4 Å². The molecule has 1 aliphatic carbocycles. The zero-order valence-corrected chi connectivity index (χ0v) is 19.5. The zero-order valence-electron chi connectivity index (χ0n) is 19.5. The number of nitrogens with zero attached hydrogens (tertiary/aromatic N) is 4. The molecule has 1 atom stereocenters. The van der Waals surface area contributed by atoms with Crippen LogP contribution < -0.4 is 5.32 Å². The Bertz CT molecular complexity index is 1260. The lowest BCUT2D eigenvalue weighted by Gasteiger charge is -2.32. The lowest BCUT2D eigenvalue weighted by molar-refractivity contribution is -0.143. The average molecular weight is 472 g/mol. The van der Waals surface area contributed by atoms with Crippen LogP contribution in [0.5, 0.6) is 0 Å². The molecule has 0 spiro atoms. The number of amides is 2. The van der Waals surface area contributed by atoms with Gasteiger partial charge in [-0.3, -0.25) is 9.59 Å². The van der Waals surface area contributed by atoms with E-state index in [1.165, 1.54) is 12.7 Å². The van der Waals surface area contributed by atoms with E-state index < -0.39 is 6.04 Å². The summed E-state index contributed by atoms with van der Waals surface area (Å²) in [6.07, 6.45) is 6.83. The summed E-state index contributed by atoms with van der Waals surface area (Å²) >= 11 is 0. The molecule has 180 valence electrons. The summed E-state index contributed by atoms with van der Waals surface area (Å²) in [5, 5.41) is 11.5. The molecule has 0 aliphatic heterocycles. The zero-order chi connectivity index (χ0) is 24.0. The van der Waals surface area contributed by atoms with Crippen molar-refractivity contribution in [2.45, 2.75) is 57.3 Å². The smallest absolute Gasteiger partial charge is 0.250 e. The first-order chi connectivity index (χ1) is 17.2. The molecular formula is C27H29N5O3. The van der Waals surface area contributed by atoms with Crippen molar-refractivity contribution in [2.75, 3.05) is 0 Å². The number of para-hydroxylation sites is 1. The number of hydrogen-bond acceptors (Lipinski definition) is 5. The highest BCUT2D eigenvalue weighted by molar-refractivity contribution is 5.89. The van der Waals surface area contributed by atoms with Crippen molar-refractivity contribution in [3.63, 3.8) is 0 Å². The number of rotatable bonds is 8. The van der Waals surface area contributed by atoms with E-state index in [0.717, 1.165) is 36.8 Å². The normalized spacial score (nSPS) is 15.1. The van der Waals surface area contributed by atoms with Gasteiger partial charge in [0, 0.05) is 12.6 Å². The maximum atomic E-state index is 13.8. The first kappa shape index (κ1) is 22.8. The van der Waals surface area contributed by atoms with Crippen LogP contribution in [0.3, 0.4) is 0 Å². The van der Waals surface area contributed by atoms with Gasteiger partial charge in [-0.2, -0.15) is 0 Å². The Morgan fingerprint density at radius 1 is 1.00 bits per heavy atom. The maximum absolute atomic E-state index is 13.8. The molecular weight excluding hydrogens is 442 g/mol. The molecule has 4 aromatic rings. The van der Waals surface area contributed by atoms with Gasteiger partial charge in [-0.25, -0.2) is 4.68 Å². The van der Waals surface area contributed by atoms with Gasteiger partial charge in [-0.05, 0) is 42.7 Å². The maximum Gasteiger partial charge on any atom is 0.250 e. The standard InChI is InChI=1S/C27H29N5O3/c33-25(19-32-23-15-8-7-14-22(23)29-30-32)31(18-20-10-3-1-4-11-20)26(24-16-9-17-35-24)27(34)28-21-12-5-2-6-13-21/h1,3-4,7-11,14-17,21,26H,2,5-6,12-13,18-19H2,(H,28,34). The fourth-order valence-electron chi connectivity index (χ4n) is 4.75. The summed E-state index contributed by atoms with van der Waals surface area (Å²) in [4.78, 5) is 29.1. The van der Waals surface area contributed by atoms with Crippen LogP contribution in [-0.4, -0.2) is 37.7 Å². The lowest BCUT2D eigenvalue weighted by Crippen LogP contribution is -2.47. The van der Waals surface area contributed by atoms with Crippen molar-refractivity contribution in [2.24, 2.45) is 0 Å². The molecule has 1 fully saturated rings. The Labute approximate surface area is 203 Å². The SMILES string of the molecule is O=C(NC1CCCCC1)C(c1ccco1)N(Cc1ccccc1)C(=O)Cn1nnc2ccccc21. The van der Waals surface area contributed by atoms with Crippen molar-refractivity contribution in [3.8, 4) is 0 Å². The Kier molecular flexibility index (Phi) is 6.88. The number of carbonyl (C=O) groups excluding carboxylic acids is 2. The van der Waals surface area contributed by atoms with Crippen molar-refractivity contribution >= 4 is 22.8 Å². The minimum absolute atomic E-state index is 0.0404. The van der Waals surface area contributed by atoms with Gasteiger partial charge < -0.3 is 14.6 Å². The third-order valence-electron chi connectivity index (χ3n) is 6.55. The summed E-state index contributed by atoms with van der Waals surface area (Å²) < 4.78 is 7.27. The Hall–Kier alpha value is -3.94. The van der Waals surface area contributed by atoms with E-state index in [1.807, 2.05) is 54.6 Å². The molecule has 35 heavy (non-hydrogen) atoms. The molecule has 1 unspecified atom stereocenters. The third kappa shape index (κ3) is 5.26. The fraction of sp³-hybridized carbons (Fsp3) is 0.333. The number of furan rings is 1. The van der Waals surface area contributed by atoms with Gasteiger partial charge in [-0.1, -0.05) is 66.9 Å². The molecule has 2 aromatic heterocycles. The molecule has 2 amide bonds. The molecule has 5 rings (SSSR count). The number of aromatic nitrogens is 3. The van der Waals surface area contributed by atoms with E-state index in [0.29, 0.717) is 11.3 Å². The van der Waals surface area contributed by atoms with Crippen LogP contribution in [0.2, 0.25) is 0 Å². The van der Waals surface area contributed by atoms with E-state index in [1.54, 1.807) is 21.7 Å². The quantitative estimate of drug-likeness (QED) is 0.415. The Morgan fingerprint density at radius 2 is 1.77 bits per heavy atom. The highest BCUT2D eigenvalue weighted by Gasteiger charge is 2.35. The molecule has 0 radical (unpaired) electrons. The number of hydrogen-bond donors (Lipinski definition) is 1. The van der Waals surface area contributed by atoms with Gasteiger partial charge in [-0.15, -0.1) is 5.10 Å². The van der Waals surface area contributed by atoms with E-state index in [9.17, 15) is 9.59 Å². The van der Waals surface area contributed by atoms with Crippen LogP contribution in [0.25, 0.3) is 11.0 Å². The minimum atomic E-state index is -0.894. The predicted molar refractivity (Wildman–Crippen MR) is 131 cm³/mol. The van der Waals surface area contributed by atoms with E-state index >= 15 is 0 Å². The largest absolute Gasteiger partial charge is 0.467 e. The van der Waals surface area contributed by atoms with Gasteiger partial charge in [0.1, 0.15) is 17.8 Å². The van der Waals surface area contributed by atoms with Crippen LogP contribution >= 0.6 is 0 Å². The van der Waals surface area contributed by atoms with Crippen molar-refractivity contribution < 1.29 is 14.0 Å². The summed E-state index contributed by atoms with van der Waals surface area (Å²) in [6, 6.07) is 19.9. The lowest BCUT2D eigenvalue weighted by atomic mass is 9.95. The predicted octanol–water partition coefficient (Wildman–Crippen LogP) is 4.24. The molecule has 2 heterocycles. The number of benzene rings is 2. The molecule has 1 N–H and O–H groups in total. The van der Waals surface area contributed by atoms with Crippen molar-refractivity contribution in [3.05, 3.63) is 84.3 Å². The van der Waals surface area contributed by atoms with Crippen molar-refractivity contribution in [1.29, 1.82) is 0 Å². The molecule has 0 saturated heterocycles. The molecule has 1 aliphatic rings. The second-order valence-corrected chi connectivity index (χ2v) is 9.00. The number of nitrogens with one attached hydrogen (secondary N) is 1. The van der Waals surface area contributed by atoms with Gasteiger partial charge >= 0.3 is 0 Å². The summed E-state index contributed by atoms with van der Waals surface area (Å²) in [5.74, 6) is -0.0321. The fourth-order valence-corrected chi connectivity index (χ4v) is 4.75. The van der Waals surface area contributed by atoms with E-state index in [4.69, 9.17) is 4.42 Å². The third-order valence-corrected chi connectivity index (χ3v) is 6.55. The van der Waals surface area contributed by atoms with Crippen molar-refractivity contribution in [1.82, 2.24) is 25.2 Å². The highest BCUT2D eigenvalue weighted by Crippen LogP contribution is 2.27. The van der Waals surface area contributed by atoms with Crippen LogP contribution in [0.4, 0.5) is 0 Å². The van der Waals surface area contributed by atoms with E-state index in [-0.39, 0.29) is 30.9 Å². The Morgan fingerprint density at radius 3 is 2.54 bits per heavy atom. The minimum Gasteiger partial charge on any atom is -0.467 e. The monoisotopic (exact) mass is 471 g/mol. The molecule has 0 bridgehead atoms. The van der Waals surface area contributed by atoms with Gasteiger partial charge in [0.25, 0.3) is 5.91 Å². The second kappa shape index (κ2) is 10.5. The first-order valence-electron chi connectivity index (χ1n) is 12.1. The summed E-state index contributed by atoms with van der Waals surface area (Å²) in [5.41, 5.74) is 2.40. The van der Waals surface area contributed by atoms with Gasteiger partial charge in [0.2, 0.25) is 5.91 Å².